The van der Waals surface area contributed by atoms with E-state index in [2.05, 4.69) is 0 Å². The lowest BCUT2D eigenvalue weighted by Crippen LogP contribution is -2.41. The molecule has 2 aliphatic rings. The number of benzene rings is 1. The Hall–Kier alpha value is -1.90. The van der Waals surface area contributed by atoms with Crippen LogP contribution in [0, 0.1) is 11.3 Å². The molecule has 3 nitrogen and oxygen atoms in total. The number of nitrogens with zero attached hydrogens (tertiary/aromatic N) is 1. The van der Waals surface area contributed by atoms with Crippen LogP contribution in [0.15, 0.2) is 48.6 Å². The second-order valence-corrected chi connectivity index (χ2v) is 7.36. The van der Waals surface area contributed by atoms with Gasteiger partial charge in [-0.2, -0.15) is 5.26 Å². The molecule has 0 aromatic heterocycles. The third-order valence-corrected chi connectivity index (χ3v) is 5.17. The lowest BCUT2D eigenvalue weighted by atomic mass is 9.75. The van der Waals surface area contributed by atoms with E-state index in [1.807, 2.05) is 52.0 Å². The topological polar surface area (TPSA) is 42.2 Å². The van der Waals surface area contributed by atoms with E-state index in [1.165, 1.54) is 6.08 Å². The minimum absolute atomic E-state index is 0.433. The summed E-state index contributed by atoms with van der Waals surface area (Å²) in [5, 5.41) is 9.24. The molecule has 2 atom stereocenters. The van der Waals surface area contributed by atoms with Gasteiger partial charge in [0.05, 0.1) is 17.1 Å². The van der Waals surface area contributed by atoms with Gasteiger partial charge in [-0.25, -0.2) is 4.39 Å². The van der Waals surface area contributed by atoms with Crippen molar-refractivity contribution in [2.24, 2.45) is 0 Å². The Balaban J connectivity index is 1.93. The molecule has 0 N–H and O–H groups in total. The molecule has 0 radical (unpaired) electrons. The number of nitriles is 1. The van der Waals surface area contributed by atoms with Crippen molar-refractivity contribution >= 4 is 12.6 Å². The van der Waals surface area contributed by atoms with Gasteiger partial charge in [-0.15, -0.1) is 0 Å². The van der Waals surface area contributed by atoms with Crippen molar-refractivity contribution < 1.29 is 13.7 Å². The standard InChI is InChI=1S/C19H21BFNO2/c1-17(2)18(3,4)24-20(23-17)15-9-7-8-14(12-15)16-10-5-6-11-19(16,21)13-22/h5-12,16H,1-4H3. The second-order valence-electron chi connectivity index (χ2n) is 7.36. The summed E-state index contributed by atoms with van der Waals surface area (Å²) in [7, 11) is -0.505. The van der Waals surface area contributed by atoms with Gasteiger partial charge in [-0.1, -0.05) is 42.5 Å². The number of halogens is 1. The molecule has 1 aliphatic heterocycles. The average molecular weight is 325 g/mol. The molecule has 0 amide bonds. The zero-order chi connectivity index (χ0) is 17.6. The van der Waals surface area contributed by atoms with Crippen LogP contribution < -0.4 is 5.46 Å². The van der Waals surface area contributed by atoms with Gasteiger partial charge >= 0.3 is 7.12 Å². The number of allylic oxidation sites excluding steroid dienone is 4. The quantitative estimate of drug-likeness (QED) is 0.783. The fourth-order valence-electron chi connectivity index (χ4n) is 2.95. The van der Waals surface area contributed by atoms with Crippen LogP contribution in [0.5, 0.6) is 0 Å². The highest BCUT2D eigenvalue weighted by molar-refractivity contribution is 6.62. The van der Waals surface area contributed by atoms with Crippen molar-refractivity contribution in [1.29, 1.82) is 5.26 Å². The molecule has 1 saturated heterocycles. The molecule has 1 aliphatic carbocycles. The summed E-state index contributed by atoms with van der Waals surface area (Å²) in [6.07, 6.45) is 6.35. The number of hydrogen-bond donors (Lipinski definition) is 0. The van der Waals surface area contributed by atoms with Crippen LogP contribution in [0.3, 0.4) is 0 Å². The summed E-state index contributed by atoms with van der Waals surface area (Å²) >= 11 is 0. The lowest BCUT2D eigenvalue weighted by Gasteiger charge is -2.32. The van der Waals surface area contributed by atoms with Crippen molar-refractivity contribution in [1.82, 2.24) is 0 Å². The summed E-state index contributed by atoms with van der Waals surface area (Å²) in [6, 6.07) is 9.22. The Morgan fingerprint density at radius 3 is 2.42 bits per heavy atom. The molecule has 1 aromatic carbocycles. The van der Waals surface area contributed by atoms with E-state index in [1.54, 1.807) is 24.3 Å². The minimum atomic E-state index is -2.04. The smallest absolute Gasteiger partial charge is 0.399 e. The highest BCUT2D eigenvalue weighted by Gasteiger charge is 2.51. The normalized spacial score (nSPS) is 30.3. The van der Waals surface area contributed by atoms with E-state index in [0.717, 1.165) is 11.0 Å². The predicted molar refractivity (Wildman–Crippen MR) is 92.6 cm³/mol. The number of hydrogen-bond acceptors (Lipinski definition) is 3. The largest absolute Gasteiger partial charge is 0.494 e. The third kappa shape index (κ3) is 2.70. The zero-order valence-corrected chi connectivity index (χ0v) is 14.4. The van der Waals surface area contributed by atoms with Crippen molar-refractivity contribution in [2.75, 3.05) is 0 Å². The second kappa shape index (κ2) is 5.58. The van der Waals surface area contributed by atoms with E-state index < -0.39 is 29.9 Å². The summed E-state index contributed by atoms with van der Waals surface area (Å²) in [5.41, 5.74) is -1.35. The maximum Gasteiger partial charge on any atom is 0.494 e. The first-order valence-electron chi connectivity index (χ1n) is 8.10. The molecule has 0 saturated carbocycles. The monoisotopic (exact) mass is 325 g/mol. The van der Waals surface area contributed by atoms with Gasteiger partial charge in [0.2, 0.25) is 5.67 Å². The Bertz CT molecular complexity index is 734. The van der Waals surface area contributed by atoms with Crippen LogP contribution in [-0.2, 0) is 9.31 Å². The molecule has 2 unspecified atom stereocenters. The Morgan fingerprint density at radius 1 is 1.12 bits per heavy atom. The molecule has 0 bridgehead atoms. The Morgan fingerprint density at radius 2 is 1.79 bits per heavy atom. The van der Waals surface area contributed by atoms with E-state index in [9.17, 15) is 9.65 Å². The molecule has 1 aromatic rings. The van der Waals surface area contributed by atoms with Crippen molar-refractivity contribution in [2.45, 2.75) is 50.5 Å². The first-order valence-corrected chi connectivity index (χ1v) is 8.10. The number of alkyl halides is 1. The van der Waals surface area contributed by atoms with Gasteiger partial charge in [0.25, 0.3) is 0 Å². The molecule has 5 heteroatoms. The van der Waals surface area contributed by atoms with E-state index >= 15 is 0 Å². The van der Waals surface area contributed by atoms with E-state index in [-0.39, 0.29) is 0 Å². The van der Waals surface area contributed by atoms with Gasteiger partial charge in [0.15, 0.2) is 0 Å². The van der Waals surface area contributed by atoms with Gasteiger partial charge < -0.3 is 9.31 Å². The molecule has 24 heavy (non-hydrogen) atoms. The molecule has 1 heterocycles. The van der Waals surface area contributed by atoms with E-state index in [0.29, 0.717) is 0 Å². The lowest BCUT2D eigenvalue weighted by molar-refractivity contribution is 0.00578. The average Bonchev–Trinajstić information content (AvgIpc) is 2.76. The van der Waals surface area contributed by atoms with Gasteiger partial charge in [-0.3, -0.25) is 0 Å². The predicted octanol–water partition coefficient (Wildman–Crippen LogP) is 3.43. The SMILES string of the molecule is CC1(C)OB(c2cccc(C3C=CC=CC3(F)C#N)c2)OC1(C)C. The molecule has 0 spiro atoms. The zero-order valence-electron chi connectivity index (χ0n) is 14.4. The van der Waals surface area contributed by atoms with Crippen LogP contribution in [0.2, 0.25) is 0 Å². The highest BCUT2D eigenvalue weighted by atomic mass is 19.1. The van der Waals surface area contributed by atoms with Gasteiger partial charge in [0, 0.05) is 0 Å². The third-order valence-electron chi connectivity index (χ3n) is 5.17. The first-order chi connectivity index (χ1) is 11.2. The van der Waals surface area contributed by atoms with Crippen LogP contribution in [-0.4, -0.2) is 24.0 Å². The maximum atomic E-state index is 14.8. The van der Waals surface area contributed by atoms with Crippen LogP contribution in [0.4, 0.5) is 4.39 Å². The summed E-state index contributed by atoms with van der Waals surface area (Å²) < 4.78 is 27.0. The maximum absolute atomic E-state index is 14.8. The highest BCUT2D eigenvalue weighted by Crippen LogP contribution is 2.38. The summed E-state index contributed by atoms with van der Waals surface area (Å²) in [5.74, 6) is -0.644. The summed E-state index contributed by atoms with van der Waals surface area (Å²) in [6.45, 7) is 7.98. The number of rotatable bonds is 2. The van der Waals surface area contributed by atoms with Crippen LogP contribution in [0.25, 0.3) is 0 Å². The molecule has 3 rings (SSSR count). The molecular formula is C19H21BFNO2. The van der Waals surface area contributed by atoms with Crippen molar-refractivity contribution in [3.8, 4) is 6.07 Å². The fourth-order valence-corrected chi connectivity index (χ4v) is 2.95. The first kappa shape index (κ1) is 16.9. The summed E-state index contributed by atoms with van der Waals surface area (Å²) in [4.78, 5) is 0. The van der Waals surface area contributed by atoms with Crippen molar-refractivity contribution in [3.05, 3.63) is 54.1 Å². The van der Waals surface area contributed by atoms with Gasteiger partial charge in [-0.05, 0) is 44.8 Å². The Kier molecular flexibility index (Phi) is 3.94. The molecule has 1 fully saturated rings. The minimum Gasteiger partial charge on any atom is -0.399 e. The fraction of sp³-hybridized carbons (Fsp3) is 0.421. The van der Waals surface area contributed by atoms with Crippen molar-refractivity contribution in [3.63, 3.8) is 0 Å². The molecule has 124 valence electrons. The van der Waals surface area contributed by atoms with E-state index in [4.69, 9.17) is 9.31 Å². The molecular weight excluding hydrogens is 304 g/mol. The van der Waals surface area contributed by atoms with Crippen LogP contribution >= 0.6 is 0 Å². The van der Waals surface area contributed by atoms with Gasteiger partial charge in [0.1, 0.15) is 6.07 Å². The van der Waals surface area contributed by atoms with Crippen LogP contribution in [0.1, 0.15) is 39.2 Å². The Labute approximate surface area is 142 Å².